The topological polar surface area (TPSA) is 71.2 Å². The number of thiazole rings is 1. The number of halogens is 2. The Kier molecular flexibility index (Phi) is 3.99. The predicted octanol–water partition coefficient (Wildman–Crippen LogP) is 1.10. The minimum atomic E-state index is -2.56. The lowest BCUT2D eigenvalue weighted by Gasteiger charge is -2.15. The summed E-state index contributed by atoms with van der Waals surface area (Å²) in [5.41, 5.74) is 5.51. The summed E-state index contributed by atoms with van der Waals surface area (Å²) in [4.78, 5) is 16.6. The molecule has 16 heavy (non-hydrogen) atoms. The van der Waals surface area contributed by atoms with Gasteiger partial charge in [-0.15, -0.1) is 0 Å². The van der Waals surface area contributed by atoms with Crippen molar-refractivity contribution >= 4 is 28.2 Å². The molecule has 0 aromatic carbocycles. The summed E-state index contributed by atoms with van der Waals surface area (Å²) in [6.07, 6.45) is -2.56. The lowest BCUT2D eigenvalue weighted by Crippen LogP contribution is -2.31. The highest BCUT2D eigenvalue weighted by atomic mass is 32.1. The highest BCUT2D eigenvalue weighted by Crippen LogP contribution is 2.25. The Morgan fingerprint density at radius 2 is 2.31 bits per heavy atom. The van der Waals surface area contributed by atoms with Gasteiger partial charge in [-0.1, -0.05) is 11.3 Å². The minimum Gasteiger partial charge on any atom is -0.382 e. The molecule has 0 radical (unpaired) electrons. The molecule has 1 amide bonds. The zero-order valence-corrected chi connectivity index (χ0v) is 9.65. The number of nitrogen functional groups attached to an aromatic ring is 1. The molecule has 0 spiro atoms. The first-order valence-electron chi connectivity index (χ1n) is 4.43. The van der Waals surface area contributed by atoms with Crippen LogP contribution in [0.2, 0.25) is 0 Å². The van der Waals surface area contributed by atoms with Crippen LogP contribution in [0.4, 0.5) is 19.7 Å². The molecule has 0 saturated heterocycles. The van der Waals surface area contributed by atoms with Crippen LogP contribution in [0.5, 0.6) is 0 Å². The fourth-order valence-corrected chi connectivity index (χ4v) is 1.89. The van der Waals surface area contributed by atoms with E-state index in [1.54, 1.807) is 7.05 Å². The molecule has 0 saturated carbocycles. The smallest absolute Gasteiger partial charge is 0.267 e. The fourth-order valence-electron chi connectivity index (χ4n) is 1.06. The van der Waals surface area contributed by atoms with Gasteiger partial charge < -0.3 is 16.0 Å². The molecule has 0 aliphatic carbocycles. The van der Waals surface area contributed by atoms with Gasteiger partial charge in [0.2, 0.25) is 0 Å². The molecule has 0 atom stereocenters. The van der Waals surface area contributed by atoms with E-state index in [2.05, 4.69) is 10.3 Å². The zero-order valence-electron chi connectivity index (χ0n) is 8.83. The van der Waals surface area contributed by atoms with E-state index < -0.39 is 18.9 Å². The third kappa shape index (κ3) is 2.78. The summed E-state index contributed by atoms with van der Waals surface area (Å²) < 4.78 is 24.2. The zero-order chi connectivity index (χ0) is 12.3. The third-order valence-electron chi connectivity index (χ3n) is 1.82. The second-order valence-corrected chi connectivity index (χ2v) is 4.06. The Morgan fingerprint density at radius 3 is 2.75 bits per heavy atom. The van der Waals surface area contributed by atoms with Crippen LogP contribution in [0.25, 0.3) is 0 Å². The summed E-state index contributed by atoms with van der Waals surface area (Å²) in [5.74, 6) is -0.489. The molecule has 8 heteroatoms. The summed E-state index contributed by atoms with van der Waals surface area (Å²) in [6, 6.07) is 0. The molecule has 1 aromatic heterocycles. The van der Waals surface area contributed by atoms with Crippen LogP contribution >= 0.6 is 11.3 Å². The third-order valence-corrected chi connectivity index (χ3v) is 2.90. The SMILES string of the molecule is CNc1nc(N)c(C(=O)N(C)CC(F)F)s1. The molecule has 0 fully saturated rings. The summed E-state index contributed by atoms with van der Waals surface area (Å²) in [5, 5.41) is 3.21. The summed E-state index contributed by atoms with van der Waals surface area (Å²) in [7, 11) is 2.93. The molecule has 0 unspecified atom stereocenters. The van der Waals surface area contributed by atoms with E-state index in [0.717, 1.165) is 16.2 Å². The summed E-state index contributed by atoms with van der Waals surface area (Å²) in [6.45, 7) is -0.620. The number of carbonyl (C=O) groups is 1. The van der Waals surface area contributed by atoms with Crippen molar-refractivity contribution in [2.24, 2.45) is 0 Å². The average Bonchev–Trinajstić information content (AvgIpc) is 2.57. The van der Waals surface area contributed by atoms with Crippen LogP contribution < -0.4 is 11.1 Å². The van der Waals surface area contributed by atoms with Gasteiger partial charge in [-0.3, -0.25) is 4.79 Å². The molecule has 0 aliphatic heterocycles. The molecule has 90 valence electrons. The molecule has 3 N–H and O–H groups in total. The Morgan fingerprint density at radius 1 is 1.69 bits per heavy atom. The maximum atomic E-state index is 12.1. The molecular weight excluding hydrogens is 238 g/mol. The Balaban J connectivity index is 2.83. The maximum Gasteiger partial charge on any atom is 0.267 e. The van der Waals surface area contributed by atoms with Gasteiger partial charge in [-0.2, -0.15) is 0 Å². The average molecular weight is 250 g/mol. The lowest BCUT2D eigenvalue weighted by atomic mass is 10.4. The number of amides is 1. The van der Waals surface area contributed by atoms with Crippen molar-refractivity contribution in [2.75, 3.05) is 31.7 Å². The van der Waals surface area contributed by atoms with Gasteiger partial charge in [0, 0.05) is 14.1 Å². The van der Waals surface area contributed by atoms with Gasteiger partial charge in [0.25, 0.3) is 12.3 Å². The van der Waals surface area contributed by atoms with Crippen molar-refractivity contribution in [1.29, 1.82) is 0 Å². The molecule has 5 nitrogen and oxygen atoms in total. The Hall–Kier alpha value is -1.44. The second-order valence-electron chi connectivity index (χ2n) is 3.06. The first-order valence-corrected chi connectivity index (χ1v) is 5.25. The highest BCUT2D eigenvalue weighted by molar-refractivity contribution is 7.18. The van der Waals surface area contributed by atoms with Crippen molar-refractivity contribution in [1.82, 2.24) is 9.88 Å². The van der Waals surface area contributed by atoms with E-state index in [1.807, 2.05) is 0 Å². The number of carbonyl (C=O) groups excluding carboxylic acids is 1. The van der Waals surface area contributed by atoms with E-state index >= 15 is 0 Å². The number of hydrogen-bond acceptors (Lipinski definition) is 5. The number of alkyl halides is 2. The van der Waals surface area contributed by atoms with Crippen molar-refractivity contribution in [3.05, 3.63) is 4.88 Å². The van der Waals surface area contributed by atoms with E-state index in [9.17, 15) is 13.6 Å². The number of nitrogens with two attached hydrogens (primary N) is 1. The van der Waals surface area contributed by atoms with E-state index in [1.165, 1.54) is 7.05 Å². The highest BCUT2D eigenvalue weighted by Gasteiger charge is 2.21. The monoisotopic (exact) mass is 250 g/mol. The molecule has 1 aromatic rings. The Bertz CT molecular complexity index is 382. The van der Waals surface area contributed by atoms with Gasteiger partial charge in [0.1, 0.15) is 10.7 Å². The number of nitrogens with zero attached hydrogens (tertiary/aromatic N) is 2. The number of aromatic nitrogens is 1. The molecular formula is C8H12F2N4OS. The van der Waals surface area contributed by atoms with Gasteiger partial charge in [-0.05, 0) is 0 Å². The summed E-state index contributed by atoms with van der Waals surface area (Å²) >= 11 is 1.04. The quantitative estimate of drug-likeness (QED) is 0.839. The minimum absolute atomic E-state index is 0.0560. The number of anilines is 2. The van der Waals surface area contributed by atoms with Crippen LogP contribution in [-0.2, 0) is 0 Å². The van der Waals surface area contributed by atoms with Crippen molar-refractivity contribution in [3.63, 3.8) is 0 Å². The van der Waals surface area contributed by atoms with Crippen molar-refractivity contribution in [3.8, 4) is 0 Å². The largest absolute Gasteiger partial charge is 0.382 e. The lowest BCUT2D eigenvalue weighted by molar-refractivity contribution is 0.0625. The Labute approximate surface area is 95.3 Å². The first-order chi connectivity index (χ1) is 7.45. The second kappa shape index (κ2) is 5.06. The van der Waals surface area contributed by atoms with Crippen LogP contribution in [-0.4, -0.2) is 42.9 Å². The number of hydrogen-bond donors (Lipinski definition) is 2. The van der Waals surface area contributed by atoms with Crippen LogP contribution in [0.1, 0.15) is 9.67 Å². The number of rotatable bonds is 4. The molecule has 0 aliphatic rings. The van der Waals surface area contributed by atoms with Gasteiger partial charge in [0.05, 0.1) is 6.54 Å². The van der Waals surface area contributed by atoms with Crippen LogP contribution in [0.15, 0.2) is 0 Å². The molecule has 1 rings (SSSR count). The maximum absolute atomic E-state index is 12.1. The fraction of sp³-hybridized carbons (Fsp3) is 0.500. The van der Waals surface area contributed by atoms with Crippen molar-refractivity contribution in [2.45, 2.75) is 6.43 Å². The predicted molar refractivity (Wildman–Crippen MR) is 59.0 cm³/mol. The number of nitrogens with one attached hydrogen (secondary N) is 1. The normalized spacial score (nSPS) is 10.6. The van der Waals surface area contributed by atoms with Gasteiger partial charge in [-0.25, -0.2) is 13.8 Å². The van der Waals surface area contributed by atoms with E-state index in [4.69, 9.17) is 5.73 Å². The first kappa shape index (κ1) is 12.6. The molecule has 0 bridgehead atoms. The van der Waals surface area contributed by atoms with Crippen LogP contribution in [0.3, 0.4) is 0 Å². The van der Waals surface area contributed by atoms with Crippen LogP contribution in [0, 0.1) is 0 Å². The van der Waals surface area contributed by atoms with E-state index in [0.29, 0.717) is 5.13 Å². The van der Waals surface area contributed by atoms with Crippen molar-refractivity contribution < 1.29 is 13.6 Å². The van der Waals surface area contributed by atoms with E-state index in [-0.39, 0.29) is 10.7 Å². The standard InChI is InChI=1S/C8H12F2N4OS/c1-12-8-13-6(11)5(16-8)7(15)14(2)3-4(9)10/h4H,3,11H2,1-2H3,(H,12,13). The van der Waals surface area contributed by atoms with Gasteiger partial charge >= 0.3 is 0 Å². The molecule has 1 heterocycles. The van der Waals surface area contributed by atoms with Gasteiger partial charge in [0.15, 0.2) is 5.13 Å².